The predicted molar refractivity (Wildman–Crippen MR) is 127 cm³/mol. The Morgan fingerprint density at radius 2 is 1.94 bits per heavy atom. The van der Waals surface area contributed by atoms with Crippen LogP contribution in [0.2, 0.25) is 0 Å². The molecule has 1 amide bonds. The van der Waals surface area contributed by atoms with Gasteiger partial charge in [-0.1, -0.05) is 30.0 Å². The summed E-state index contributed by atoms with van der Waals surface area (Å²) < 4.78 is 32.7. The predicted octanol–water partition coefficient (Wildman–Crippen LogP) is 3.67. The van der Waals surface area contributed by atoms with Crippen LogP contribution in [0.1, 0.15) is 29.0 Å². The molecule has 8 nitrogen and oxygen atoms in total. The second kappa shape index (κ2) is 11.3. The highest BCUT2D eigenvalue weighted by Gasteiger charge is 2.22. The third kappa shape index (κ3) is 5.34. The number of nitrogens with zero attached hydrogens (tertiary/aromatic N) is 3. The number of aromatic nitrogens is 3. The highest BCUT2D eigenvalue weighted by Crippen LogP contribution is 2.29. The van der Waals surface area contributed by atoms with Gasteiger partial charge in [0.25, 0.3) is 5.91 Å². The van der Waals surface area contributed by atoms with E-state index in [1.54, 1.807) is 41.0 Å². The first-order valence-electron chi connectivity index (χ1n) is 11.0. The molecule has 3 aromatic rings. The van der Waals surface area contributed by atoms with Crippen molar-refractivity contribution in [3.63, 3.8) is 0 Å². The summed E-state index contributed by atoms with van der Waals surface area (Å²) in [6, 6.07) is 11.7. The van der Waals surface area contributed by atoms with Gasteiger partial charge in [0.2, 0.25) is 0 Å². The van der Waals surface area contributed by atoms with E-state index in [1.807, 2.05) is 0 Å². The van der Waals surface area contributed by atoms with E-state index < -0.39 is 0 Å². The number of hydrogen-bond acceptors (Lipinski definition) is 7. The van der Waals surface area contributed by atoms with E-state index in [4.69, 9.17) is 14.2 Å². The molecule has 34 heavy (non-hydrogen) atoms. The number of rotatable bonds is 10. The van der Waals surface area contributed by atoms with Gasteiger partial charge < -0.3 is 19.5 Å². The third-order valence-corrected chi connectivity index (χ3v) is 6.57. The molecule has 1 N–H and O–H groups in total. The molecule has 1 unspecified atom stereocenters. The number of hydrogen-bond donors (Lipinski definition) is 1. The van der Waals surface area contributed by atoms with E-state index in [9.17, 15) is 9.18 Å². The molecule has 1 aliphatic heterocycles. The van der Waals surface area contributed by atoms with E-state index in [0.717, 1.165) is 25.2 Å². The fourth-order valence-corrected chi connectivity index (χ4v) is 4.85. The highest BCUT2D eigenvalue weighted by atomic mass is 32.2. The second-order valence-corrected chi connectivity index (χ2v) is 8.66. The largest absolute Gasteiger partial charge is 0.496 e. The van der Waals surface area contributed by atoms with Gasteiger partial charge in [0.15, 0.2) is 5.16 Å². The average Bonchev–Trinajstić information content (AvgIpc) is 3.52. The molecule has 1 aliphatic rings. The van der Waals surface area contributed by atoms with Crippen molar-refractivity contribution in [2.45, 2.75) is 30.5 Å². The lowest BCUT2D eigenvalue weighted by molar-refractivity contribution is 0.0947. The van der Waals surface area contributed by atoms with Crippen molar-refractivity contribution in [2.24, 2.45) is 0 Å². The number of carbonyl (C=O) groups excluding carboxylic acids is 1. The monoisotopic (exact) mass is 486 g/mol. The molecule has 1 aromatic heterocycles. The fourth-order valence-electron chi connectivity index (χ4n) is 3.83. The summed E-state index contributed by atoms with van der Waals surface area (Å²) in [4.78, 5) is 12.9. The molecule has 1 atom stereocenters. The molecular weight excluding hydrogens is 459 g/mol. The summed E-state index contributed by atoms with van der Waals surface area (Å²) >= 11 is 1.49. The minimum absolute atomic E-state index is 0.161. The number of nitrogens with one attached hydrogen (secondary N) is 1. The topological polar surface area (TPSA) is 87.5 Å². The maximum atomic E-state index is 14.7. The van der Waals surface area contributed by atoms with E-state index >= 15 is 0 Å². The third-order valence-electron chi connectivity index (χ3n) is 5.51. The highest BCUT2D eigenvalue weighted by molar-refractivity contribution is 7.99. The minimum atomic E-state index is -0.370. The van der Waals surface area contributed by atoms with Crippen LogP contribution in [0.15, 0.2) is 47.6 Å². The van der Waals surface area contributed by atoms with Crippen LogP contribution in [0.5, 0.6) is 11.5 Å². The van der Waals surface area contributed by atoms with Gasteiger partial charge in [-0.15, -0.1) is 10.2 Å². The Morgan fingerprint density at radius 3 is 2.62 bits per heavy atom. The number of halogens is 1. The summed E-state index contributed by atoms with van der Waals surface area (Å²) in [5.41, 5.74) is 0.686. The van der Waals surface area contributed by atoms with Crippen molar-refractivity contribution >= 4 is 17.7 Å². The van der Waals surface area contributed by atoms with Crippen molar-refractivity contribution in [2.75, 3.05) is 33.1 Å². The maximum absolute atomic E-state index is 14.7. The Bertz CT molecular complexity index is 1110. The number of carbonyl (C=O) groups is 1. The summed E-state index contributed by atoms with van der Waals surface area (Å²) in [5, 5.41) is 12.1. The molecule has 4 rings (SSSR count). The zero-order valence-electron chi connectivity index (χ0n) is 19.1. The van der Waals surface area contributed by atoms with E-state index in [1.165, 1.54) is 32.0 Å². The molecule has 0 spiro atoms. The zero-order valence-corrected chi connectivity index (χ0v) is 19.9. The van der Waals surface area contributed by atoms with Crippen molar-refractivity contribution in [3.8, 4) is 17.2 Å². The number of ether oxygens (including phenoxy) is 3. The Morgan fingerprint density at radius 1 is 1.18 bits per heavy atom. The van der Waals surface area contributed by atoms with Crippen LogP contribution in [0, 0.1) is 5.82 Å². The van der Waals surface area contributed by atoms with Gasteiger partial charge in [0, 0.05) is 25.3 Å². The zero-order chi connectivity index (χ0) is 23.9. The standard InChI is InChI=1S/C24H27FN4O4S/c1-31-19-10-5-11-20(32-2)22(19)23(30)26-13-12-21-27-28-24(34-15-16-7-6-14-33-16)29(21)18-9-4-3-8-17(18)25/h3-5,8-11,16H,6-7,12-15H2,1-2H3,(H,26,30). The normalized spacial score (nSPS) is 15.3. The van der Waals surface area contributed by atoms with Crippen LogP contribution in [0.4, 0.5) is 4.39 Å². The van der Waals surface area contributed by atoms with Gasteiger partial charge >= 0.3 is 0 Å². The van der Waals surface area contributed by atoms with Crippen molar-refractivity contribution in [1.29, 1.82) is 0 Å². The number of benzene rings is 2. The molecule has 10 heteroatoms. The van der Waals surface area contributed by atoms with Gasteiger partial charge in [0.05, 0.1) is 26.0 Å². The quantitative estimate of drug-likeness (QED) is 0.438. The second-order valence-electron chi connectivity index (χ2n) is 7.68. The van der Waals surface area contributed by atoms with Crippen LogP contribution in [0.25, 0.3) is 5.69 Å². The summed E-state index contributed by atoms with van der Waals surface area (Å²) in [6.45, 7) is 1.04. The summed E-state index contributed by atoms with van der Waals surface area (Å²) in [6.07, 6.45) is 2.57. The molecule has 0 saturated carbocycles. The first-order chi connectivity index (χ1) is 16.6. The van der Waals surface area contributed by atoms with Crippen molar-refractivity contribution < 1.29 is 23.4 Å². The fraction of sp³-hybridized carbons (Fsp3) is 0.375. The van der Waals surface area contributed by atoms with Crippen LogP contribution in [-0.2, 0) is 11.2 Å². The smallest absolute Gasteiger partial charge is 0.258 e. The molecule has 2 heterocycles. The lowest BCUT2D eigenvalue weighted by Crippen LogP contribution is -2.27. The van der Waals surface area contributed by atoms with Crippen LogP contribution in [0.3, 0.4) is 0 Å². The van der Waals surface area contributed by atoms with E-state index in [0.29, 0.717) is 40.2 Å². The molecular formula is C24H27FN4O4S. The lowest BCUT2D eigenvalue weighted by atomic mass is 10.1. The first kappa shape index (κ1) is 24.0. The number of amides is 1. The molecule has 1 saturated heterocycles. The van der Waals surface area contributed by atoms with Gasteiger partial charge in [-0.3, -0.25) is 9.36 Å². The molecule has 1 fully saturated rings. The van der Waals surface area contributed by atoms with Crippen molar-refractivity contribution in [3.05, 3.63) is 59.7 Å². The first-order valence-corrected chi connectivity index (χ1v) is 12.0. The Labute approximate surface area is 201 Å². The van der Waals surface area contributed by atoms with Crippen LogP contribution >= 0.6 is 11.8 Å². The van der Waals surface area contributed by atoms with Gasteiger partial charge in [0.1, 0.15) is 28.7 Å². The molecule has 0 aliphatic carbocycles. The number of methoxy groups -OCH3 is 2. The van der Waals surface area contributed by atoms with Crippen LogP contribution in [-0.4, -0.2) is 59.9 Å². The van der Waals surface area contributed by atoms with Gasteiger partial charge in [-0.25, -0.2) is 4.39 Å². The molecule has 0 bridgehead atoms. The van der Waals surface area contributed by atoms with Crippen LogP contribution < -0.4 is 14.8 Å². The van der Waals surface area contributed by atoms with Crippen molar-refractivity contribution in [1.82, 2.24) is 20.1 Å². The Balaban J connectivity index is 1.51. The van der Waals surface area contributed by atoms with Gasteiger partial charge in [-0.05, 0) is 37.1 Å². The Kier molecular flexibility index (Phi) is 8.02. The lowest BCUT2D eigenvalue weighted by Gasteiger charge is -2.14. The molecule has 180 valence electrons. The SMILES string of the molecule is COc1cccc(OC)c1C(=O)NCCc1nnc(SCC2CCCO2)n1-c1ccccc1F. The van der Waals surface area contributed by atoms with E-state index in [-0.39, 0.29) is 24.4 Å². The summed E-state index contributed by atoms with van der Waals surface area (Å²) in [7, 11) is 3.00. The molecule has 0 radical (unpaired) electrons. The average molecular weight is 487 g/mol. The molecule has 2 aromatic carbocycles. The summed E-state index contributed by atoms with van der Waals surface area (Å²) in [5.74, 6) is 1.40. The number of para-hydroxylation sites is 1. The Hall–Kier alpha value is -3.11. The maximum Gasteiger partial charge on any atom is 0.258 e. The van der Waals surface area contributed by atoms with Gasteiger partial charge in [-0.2, -0.15) is 0 Å². The number of thioether (sulfide) groups is 1. The minimum Gasteiger partial charge on any atom is -0.496 e. The van der Waals surface area contributed by atoms with E-state index in [2.05, 4.69) is 15.5 Å².